The molecule has 4 heteroatoms. The fourth-order valence-electron chi connectivity index (χ4n) is 10.6. The molecule has 10 aromatic carbocycles. The van der Waals surface area contributed by atoms with Gasteiger partial charge in [0, 0.05) is 33.1 Å². The van der Waals surface area contributed by atoms with Crippen LogP contribution in [0.15, 0.2) is 229 Å². The number of hydrogen-bond acceptors (Lipinski definition) is 3. The van der Waals surface area contributed by atoms with Crippen LogP contribution >= 0.6 is 0 Å². The van der Waals surface area contributed by atoms with E-state index in [9.17, 15) is 0 Å². The van der Waals surface area contributed by atoms with Crippen molar-refractivity contribution in [3.8, 4) is 22.3 Å². The molecule has 293 valence electrons. The SMILES string of the molecule is [B]1c2cccc3c2N(c2ccccc2C3(c2ccccc2)c2ccccc2)c2c1c(-c1ccc3ccccc3c1Nc1ccc(-c3ccccc3)cc1)cc1c2oc2ccccc21. The van der Waals surface area contributed by atoms with Gasteiger partial charge in [-0.3, -0.25) is 0 Å². The van der Waals surface area contributed by atoms with Crippen molar-refractivity contribution in [2.45, 2.75) is 5.41 Å². The highest BCUT2D eigenvalue weighted by molar-refractivity contribution is 6.74. The first-order valence-electron chi connectivity index (χ1n) is 21.7. The first-order chi connectivity index (χ1) is 31.3. The Kier molecular flexibility index (Phi) is 7.92. The standard InChI is InChI=1S/C59H38BN2O/c1-4-17-38(18-5-1)39-31-34-43(35-32-39)61-55-44-24-11-10-19-40(44)33-36-46(55)47-37-48-45-25-12-15-30-53(45)63-58(48)57-54(47)60-51-28-16-27-50-56(51)62(57)52-29-14-13-26-49(52)59(50,41-20-6-2-7-21-41)42-22-8-3-9-23-42/h1-37,61H. The van der Waals surface area contributed by atoms with E-state index in [4.69, 9.17) is 4.42 Å². The third-order valence-electron chi connectivity index (χ3n) is 13.3. The van der Waals surface area contributed by atoms with Crippen LogP contribution in [-0.4, -0.2) is 7.28 Å². The highest BCUT2D eigenvalue weighted by Crippen LogP contribution is 2.59. The first kappa shape index (κ1) is 35.7. The summed E-state index contributed by atoms with van der Waals surface area (Å²) in [5.74, 6) is 0. The summed E-state index contributed by atoms with van der Waals surface area (Å²) in [7, 11) is 2.41. The molecule has 0 amide bonds. The molecule has 11 aromatic rings. The van der Waals surface area contributed by atoms with Crippen molar-refractivity contribution in [1.29, 1.82) is 0 Å². The van der Waals surface area contributed by atoms with Gasteiger partial charge in [-0.25, -0.2) is 0 Å². The third-order valence-corrected chi connectivity index (χ3v) is 13.3. The molecule has 0 bridgehead atoms. The number of furan rings is 1. The van der Waals surface area contributed by atoms with Crippen molar-refractivity contribution in [1.82, 2.24) is 0 Å². The Hall–Kier alpha value is -8.08. The summed E-state index contributed by atoms with van der Waals surface area (Å²) in [6, 6.07) is 81.4. The van der Waals surface area contributed by atoms with Crippen LogP contribution in [0.4, 0.5) is 28.4 Å². The van der Waals surface area contributed by atoms with Crippen LogP contribution < -0.4 is 21.1 Å². The van der Waals surface area contributed by atoms with Gasteiger partial charge in [-0.2, -0.15) is 0 Å². The lowest BCUT2D eigenvalue weighted by Crippen LogP contribution is -2.47. The molecule has 63 heavy (non-hydrogen) atoms. The second-order valence-corrected chi connectivity index (χ2v) is 16.7. The Morgan fingerprint density at radius 2 is 1.10 bits per heavy atom. The first-order valence-corrected chi connectivity index (χ1v) is 21.7. The van der Waals surface area contributed by atoms with Gasteiger partial charge >= 0.3 is 0 Å². The van der Waals surface area contributed by atoms with Gasteiger partial charge in [0.2, 0.25) is 0 Å². The van der Waals surface area contributed by atoms with Crippen molar-refractivity contribution in [3.63, 3.8) is 0 Å². The molecule has 1 radical (unpaired) electrons. The highest BCUT2D eigenvalue weighted by Gasteiger charge is 2.49. The molecule has 0 fully saturated rings. The summed E-state index contributed by atoms with van der Waals surface area (Å²) in [4.78, 5) is 2.52. The summed E-state index contributed by atoms with van der Waals surface area (Å²) in [6.45, 7) is 0. The van der Waals surface area contributed by atoms with Gasteiger partial charge in [-0.1, -0.05) is 200 Å². The number of fused-ring (bicyclic) bond motifs is 9. The molecule has 13 rings (SSSR count). The van der Waals surface area contributed by atoms with Crippen LogP contribution in [0.5, 0.6) is 0 Å². The Balaban J connectivity index is 1.10. The van der Waals surface area contributed by atoms with E-state index in [1.807, 2.05) is 0 Å². The lowest BCUT2D eigenvalue weighted by Gasteiger charge is -2.49. The van der Waals surface area contributed by atoms with Crippen molar-refractivity contribution in [2.24, 2.45) is 0 Å². The Morgan fingerprint density at radius 1 is 0.460 bits per heavy atom. The number of hydrogen-bond donors (Lipinski definition) is 1. The Morgan fingerprint density at radius 3 is 1.87 bits per heavy atom. The Bertz CT molecular complexity index is 3520. The van der Waals surface area contributed by atoms with E-state index < -0.39 is 5.41 Å². The van der Waals surface area contributed by atoms with Crippen molar-refractivity contribution in [3.05, 3.63) is 247 Å². The van der Waals surface area contributed by atoms with Gasteiger partial charge in [0.1, 0.15) is 5.58 Å². The maximum atomic E-state index is 7.06. The van der Waals surface area contributed by atoms with Gasteiger partial charge in [0.05, 0.1) is 22.5 Å². The van der Waals surface area contributed by atoms with E-state index in [1.165, 1.54) is 44.5 Å². The van der Waals surface area contributed by atoms with Crippen molar-refractivity contribution in [2.75, 3.05) is 10.2 Å². The topological polar surface area (TPSA) is 28.4 Å². The van der Waals surface area contributed by atoms with Crippen molar-refractivity contribution < 1.29 is 4.42 Å². The molecule has 3 heterocycles. The van der Waals surface area contributed by atoms with Crippen LogP contribution in [0.2, 0.25) is 0 Å². The van der Waals surface area contributed by atoms with E-state index in [2.05, 4.69) is 242 Å². The van der Waals surface area contributed by atoms with Crippen LogP contribution in [0, 0.1) is 0 Å². The summed E-state index contributed by atoms with van der Waals surface area (Å²) in [5, 5.41) is 8.47. The zero-order chi connectivity index (χ0) is 41.5. The minimum Gasteiger partial charge on any atom is -0.454 e. The summed E-state index contributed by atoms with van der Waals surface area (Å²) < 4.78 is 7.06. The summed E-state index contributed by atoms with van der Waals surface area (Å²) in [5.41, 5.74) is 18.4. The smallest absolute Gasteiger partial charge is 0.198 e. The maximum absolute atomic E-state index is 7.06. The van der Waals surface area contributed by atoms with Gasteiger partial charge in [0.25, 0.3) is 0 Å². The third kappa shape index (κ3) is 5.28. The van der Waals surface area contributed by atoms with E-state index in [0.29, 0.717) is 0 Å². The number of benzene rings is 10. The molecule has 0 spiro atoms. The molecular weight excluding hydrogens is 763 g/mol. The summed E-state index contributed by atoms with van der Waals surface area (Å²) in [6.07, 6.45) is 0. The number of nitrogens with one attached hydrogen (secondary N) is 1. The van der Waals surface area contributed by atoms with Gasteiger partial charge in [-0.15, -0.1) is 0 Å². The number of nitrogens with zero attached hydrogens (tertiary/aromatic N) is 1. The molecule has 0 saturated carbocycles. The number of anilines is 5. The predicted octanol–water partition coefficient (Wildman–Crippen LogP) is 14.0. The number of para-hydroxylation sites is 3. The number of rotatable bonds is 6. The van der Waals surface area contributed by atoms with Crippen LogP contribution in [-0.2, 0) is 5.41 Å². The fourth-order valence-corrected chi connectivity index (χ4v) is 10.6. The molecule has 1 aromatic heterocycles. The lowest BCUT2D eigenvalue weighted by atomic mass is 9.54. The van der Waals surface area contributed by atoms with Gasteiger partial charge < -0.3 is 14.6 Å². The average Bonchev–Trinajstić information content (AvgIpc) is 3.73. The molecule has 0 atom stereocenters. The zero-order valence-electron chi connectivity index (χ0n) is 34.3. The molecule has 0 aliphatic carbocycles. The average molecular weight is 802 g/mol. The molecule has 2 aliphatic heterocycles. The van der Waals surface area contributed by atoms with Crippen molar-refractivity contribution >= 4 is 79.4 Å². The highest BCUT2D eigenvalue weighted by atomic mass is 16.3. The monoisotopic (exact) mass is 801 g/mol. The summed E-state index contributed by atoms with van der Waals surface area (Å²) >= 11 is 0. The van der Waals surface area contributed by atoms with Gasteiger partial charge in [-0.05, 0) is 80.1 Å². The normalized spacial score (nSPS) is 13.3. The largest absolute Gasteiger partial charge is 0.454 e. The van der Waals surface area contributed by atoms with E-state index in [-0.39, 0.29) is 0 Å². The second kappa shape index (κ2) is 14.0. The molecule has 3 nitrogen and oxygen atoms in total. The molecule has 0 unspecified atom stereocenters. The molecule has 0 saturated heterocycles. The molecular formula is C59H38BN2O. The maximum Gasteiger partial charge on any atom is 0.198 e. The molecule has 2 aliphatic rings. The zero-order valence-corrected chi connectivity index (χ0v) is 34.3. The Labute approximate surface area is 366 Å². The molecule has 1 N–H and O–H groups in total. The van der Waals surface area contributed by atoms with Gasteiger partial charge in [0.15, 0.2) is 12.9 Å². The van der Waals surface area contributed by atoms with E-state index in [0.717, 1.165) is 72.1 Å². The van der Waals surface area contributed by atoms with Crippen LogP contribution in [0.1, 0.15) is 22.3 Å². The van der Waals surface area contributed by atoms with E-state index >= 15 is 0 Å². The predicted molar refractivity (Wildman–Crippen MR) is 263 cm³/mol. The second-order valence-electron chi connectivity index (χ2n) is 16.7. The minimum absolute atomic E-state index is 0.581. The fraction of sp³-hybridized carbons (Fsp3) is 0.0169. The van der Waals surface area contributed by atoms with Crippen LogP contribution in [0.25, 0.3) is 55.0 Å². The minimum atomic E-state index is -0.581. The van der Waals surface area contributed by atoms with Crippen LogP contribution in [0.3, 0.4) is 0 Å². The van der Waals surface area contributed by atoms with E-state index in [1.54, 1.807) is 0 Å². The lowest BCUT2D eigenvalue weighted by molar-refractivity contribution is 0.668. The quantitative estimate of drug-likeness (QED) is 0.170.